The van der Waals surface area contributed by atoms with E-state index >= 15 is 0 Å². The van der Waals surface area contributed by atoms with E-state index in [1.807, 2.05) is 32.9 Å². The number of carbonyl (C=O) groups excluding carboxylic acids is 1. The van der Waals surface area contributed by atoms with Crippen LogP contribution in [0, 0.1) is 30.9 Å². The lowest BCUT2D eigenvalue weighted by Gasteiger charge is -2.13. The number of carboxylic acids is 1. The number of ether oxygens (including phenoxy) is 1. The van der Waals surface area contributed by atoms with Crippen LogP contribution in [-0.4, -0.2) is 31.7 Å². The van der Waals surface area contributed by atoms with Gasteiger partial charge in [-0.1, -0.05) is 6.07 Å². The molecule has 2 aromatic carbocycles. The maximum absolute atomic E-state index is 12.3. The van der Waals surface area contributed by atoms with Crippen molar-refractivity contribution in [2.24, 2.45) is 0 Å². The van der Waals surface area contributed by atoms with Gasteiger partial charge < -0.3 is 15.2 Å². The highest BCUT2D eigenvalue weighted by molar-refractivity contribution is 5.91. The van der Waals surface area contributed by atoms with E-state index in [4.69, 9.17) is 9.84 Å². The molecule has 3 rings (SSSR count). The molecule has 0 aliphatic rings. The third-order valence-electron chi connectivity index (χ3n) is 4.81. The van der Waals surface area contributed by atoms with E-state index in [1.54, 1.807) is 0 Å². The van der Waals surface area contributed by atoms with Crippen molar-refractivity contribution < 1.29 is 24.4 Å². The van der Waals surface area contributed by atoms with Gasteiger partial charge in [0.05, 0.1) is 16.7 Å². The second kappa shape index (κ2) is 9.29. The number of nitrogens with zero attached hydrogens (tertiary/aromatic N) is 3. The molecule has 0 aliphatic heterocycles. The van der Waals surface area contributed by atoms with E-state index in [9.17, 15) is 19.7 Å². The fourth-order valence-corrected chi connectivity index (χ4v) is 3.09. The second-order valence-electron chi connectivity index (χ2n) is 7.35. The van der Waals surface area contributed by atoms with Crippen LogP contribution in [0.4, 0.5) is 11.4 Å². The third-order valence-corrected chi connectivity index (χ3v) is 4.81. The van der Waals surface area contributed by atoms with Crippen LogP contribution in [0.15, 0.2) is 42.6 Å². The van der Waals surface area contributed by atoms with Crippen LogP contribution >= 0.6 is 0 Å². The molecule has 0 fully saturated rings. The summed E-state index contributed by atoms with van der Waals surface area (Å²) in [5.41, 5.74) is 2.81. The minimum atomic E-state index is -1.16. The lowest BCUT2D eigenvalue weighted by atomic mass is 10.1. The fraction of sp³-hybridized carbons (Fsp3) is 0.227. The molecule has 3 aromatic rings. The van der Waals surface area contributed by atoms with E-state index in [-0.39, 0.29) is 35.8 Å². The number of carboxylic acid groups (broad SMARTS) is 1. The van der Waals surface area contributed by atoms with Gasteiger partial charge in [-0.25, -0.2) is 4.79 Å². The number of nitro benzene ring substituents is 1. The van der Waals surface area contributed by atoms with Crippen LogP contribution in [0.5, 0.6) is 11.5 Å². The van der Waals surface area contributed by atoms with Crippen molar-refractivity contribution in [2.45, 2.75) is 33.7 Å². The Morgan fingerprint density at radius 3 is 2.59 bits per heavy atom. The first-order valence-electron chi connectivity index (χ1n) is 9.74. The minimum absolute atomic E-state index is 0.00416. The molecule has 32 heavy (non-hydrogen) atoms. The van der Waals surface area contributed by atoms with Gasteiger partial charge in [-0.3, -0.25) is 19.6 Å². The Bertz CT molecular complexity index is 1200. The molecular formula is C22H22N4O6. The summed E-state index contributed by atoms with van der Waals surface area (Å²) in [6.45, 7) is 5.93. The van der Waals surface area contributed by atoms with Gasteiger partial charge in [0.25, 0.3) is 5.69 Å². The Morgan fingerprint density at radius 2 is 1.94 bits per heavy atom. The highest BCUT2D eigenvalue weighted by Gasteiger charge is 2.15. The number of carbonyl (C=O) groups is 2. The summed E-state index contributed by atoms with van der Waals surface area (Å²) in [5.74, 6) is -0.767. The zero-order chi connectivity index (χ0) is 23.4. The van der Waals surface area contributed by atoms with E-state index in [0.717, 1.165) is 16.7 Å². The van der Waals surface area contributed by atoms with Crippen molar-refractivity contribution in [1.82, 2.24) is 9.78 Å². The number of amides is 1. The van der Waals surface area contributed by atoms with Crippen molar-refractivity contribution in [3.63, 3.8) is 0 Å². The van der Waals surface area contributed by atoms with Crippen molar-refractivity contribution in [1.29, 1.82) is 0 Å². The predicted molar refractivity (Wildman–Crippen MR) is 116 cm³/mol. The SMILES string of the molecule is Cc1cc(C)c(C)c(Oc2cc(NC(=O)CCn3ccc(C(=O)O)n3)cc([N+](=O)[O-])c2)c1. The Morgan fingerprint density at radius 1 is 1.19 bits per heavy atom. The predicted octanol–water partition coefficient (Wildman–Crippen LogP) is 4.24. The average molecular weight is 438 g/mol. The Kier molecular flexibility index (Phi) is 6.53. The van der Waals surface area contributed by atoms with Gasteiger partial charge >= 0.3 is 5.97 Å². The molecule has 0 aliphatic carbocycles. The minimum Gasteiger partial charge on any atom is -0.476 e. The highest BCUT2D eigenvalue weighted by Crippen LogP contribution is 2.33. The normalized spacial score (nSPS) is 10.6. The van der Waals surface area contributed by atoms with Crippen LogP contribution in [0.1, 0.15) is 33.6 Å². The number of benzene rings is 2. The van der Waals surface area contributed by atoms with E-state index in [0.29, 0.717) is 5.75 Å². The van der Waals surface area contributed by atoms with Crippen LogP contribution in [0.25, 0.3) is 0 Å². The van der Waals surface area contributed by atoms with Crippen molar-refractivity contribution in [3.05, 3.63) is 75.1 Å². The Balaban J connectivity index is 1.76. The maximum Gasteiger partial charge on any atom is 0.356 e. The van der Waals surface area contributed by atoms with E-state index < -0.39 is 16.8 Å². The van der Waals surface area contributed by atoms with Crippen molar-refractivity contribution in [2.75, 3.05) is 5.32 Å². The molecule has 0 spiro atoms. The number of aromatic carboxylic acids is 1. The van der Waals surface area contributed by atoms with E-state index in [1.165, 1.54) is 35.1 Å². The first kappa shape index (κ1) is 22.5. The molecule has 0 saturated heterocycles. The number of hydrogen-bond donors (Lipinski definition) is 2. The van der Waals surface area contributed by atoms with Gasteiger partial charge in [0.1, 0.15) is 11.5 Å². The lowest BCUT2D eigenvalue weighted by Crippen LogP contribution is -2.15. The van der Waals surface area contributed by atoms with Crippen molar-refractivity contribution >= 4 is 23.3 Å². The number of aryl methyl sites for hydroxylation is 3. The largest absolute Gasteiger partial charge is 0.476 e. The molecule has 0 atom stereocenters. The number of anilines is 1. The first-order valence-corrected chi connectivity index (χ1v) is 9.74. The summed E-state index contributed by atoms with van der Waals surface area (Å²) in [7, 11) is 0. The lowest BCUT2D eigenvalue weighted by molar-refractivity contribution is -0.384. The highest BCUT2D eigenvalue weighted by atomic mass is 16.6. The van der Waals surface area contributed by atoms with Crippen molar-refractivity contribution in [3.8, 4) is 11.5 Å². The molecule has 0 unspecified atom stereocenters. The molecule has 166 valence electrons. The number of aromatic nitrogens is 2. The monoisotopic (exact) mass is 438 g/mol. The van der Waals surface area contributed by atoms with Gasteiger partial charge in [0, 0.05) is 31.3 Å². The first-order chi connectivity index (χ1) is 15.1. The molecule has 0 radical (unpaired) electrons. The van der Waals surface area contributed by atoms with Gasteiger partial charge in [0.15, 0.2) is 5.69 Å². The Labute approximate surface area is 183 Å². The number of nitro groups is 1. The van der Waals surface area contributed by atoms with Gasteiger partial charge in [-0.15, -0.1) is 0 Å². The zero-order valence-electron chi connectivity index (χ0n) is 17.8. The molecule has 0 bridgehead atoms. The molecule has 10 heteroatoms. The zero-order valence-corrected chi connectivity index (χ0v) is 17.8. The molecular weight excluding hydrogens is 416 g/mol. The van der Waals surface area contributed by atoms with Crippen LogP contribution in [-0.2, 0) is 11.3 Å². The molecule has 10 nitrogen and oxygen atoms in total. The van der Waals surface area contributed by atoms with Crippen LogP contribution in [0.3, 0.4) is 0 Å². The van der Waals surface area contributed by atoms with Gasteiger partial charge in [-0.2, -0.15) is 5.10 Å². The molecule has 1 amide bonds. The fourth-order valence-electron chi connectivity index (χ4n) is 3.09. The summed E-state index contributed by atoms with van der Waals surface area (Å²) in [5, 5.41) is 26.7. The van der Waals surface area contributed by atoms with Crippen LogP contribution in [0.2, 0.25) is 0 Å². The molecule has 2 N–H and O–H groups in total. The van der Waals surface area contributed by atoms with Gasteiger partial charge in [0.2, 0.25) is 5.91 Å². The molecule has 1 aromatic heterocycles. The molecule has 1 heterocycles. The third kappa shape index (κ3) is 5.48. The molecule has 0 saturated carbocycles. The smallest absolute Gasteiger partial charge is 0.356 e. The van der Waals surface area contributed by atoms with E-state index in [2.05, 4.69) is 10.4 Å². The van der Waals surface area contributed by atoms with Gasteiger partial charge in [-0.05, 0) is 49.6 Å². The summed E-state index contributed by atoms with van der Waals surface area (Å²) < 4.78 is 7.25. The maximum atomic E-state index is 12.3. The Hall–Kier alpha value is -4.21. The number of rotatable bonds is 8. The summed E-state index contributed by atoms with van der Waals surface area (Å²) in [6, 6.07) is 9.24. The summed E-state index contributed by atoms with van der Waals surface area (Å²) >= 11 is 0. The number of nitrogens with one attached hydrogen (secondary N) is 1. The topological polar surface area (TPSA) is 137 Å². The number of hydrogen-bond acceptors (Lipinski definition) is 6. The van der Waals surface area contributed by atoms with Crippen LogP contribution < -0.4 is 10.1 Å². The second-order valence-corrected chi connectivity index (χ2v) is 7.35. The summed E-state index contributed by atoms with van der Waals surface area (Å²) in [6.07, 6.45) is 1.46. The summed E-state index contributed by atoms with van der Waals surface area (Å²) in [4.78, 5) is 34.0. The standard InChI is InChI=1S/C22H22N4O6/c1-13-8-14(2)15(3)20(9-13)32-18-11-16(10-17(12-18)26(30)31)23-21(27)5-7-25-6-4-19(24-25)22(28)29/h4,6,8-12H,5,7H2,1-3H3,(H,23,27)(H,28,29). The average Bonchev–Trinajstić information content (AvgIpc) is 3.19. The number of non-ortho nitro benzene ring substituents is 1. The quantitative estimate of drug-likeness (QED) is 0.396.